The minimum Gasteiger partial charge on any atom is -0.746 e. The van der Waals surface area contributed by atoms with E-state index in [1.165, 1.54) is 0 Å². The van der Waals surface area contributed by atoms with Gasteiger partial charge in [-0.3, -0.25) is 0 Å². The maximum atomic E-state index is 11.7. The molecule has 0 aromatic rings. The van der Waals surface area contributed by atoms with Crippen LogP contribution in [0.5, 0.6) is 0 Å². The summed E-state index contributed by atoms with van der Waals surface area (Å²) < 4.78 is -6.39. The van der Waals surface area contributed by atoms with Gasteiger partial charge in [0, 0.05) is 0 Å². The van der Waals surface area contributed by atoms with Crippen molar-refractivity contribution in [2.45, 2.75) is 50.8 Å². The average molecular weight is 1130 g/mol. The maximum Gasteiger partial charge on any atom is 1.00 e. The number of halogens is 25. The minimum atomic E-state index is -5.94. The number of hydrogen-bond donors (Lipinski definition) is 0. The van der Waals surface area contributed by atoms with Crippen LogP contribution in [0.2, 0.25) is 0 Å². The van der Waals surface area contributed by atoms with Crippen molar-refractivity contribution in [2.75, 3.05) is 0 Å². The maximum absolute atomic E-state index is 11.7. The van der Waals surface area contributed by atoms with Gasteiger partial charge in [0.05, 0.1) is 0 Å². The van der Waals surface area contributed by atoms with Crippen LogP contribution in [0.15, 0.2) is 0 Å². The molecule has 0 rings (SSSR count). The van der Waals surface area contributed by atoms with Gasteiger partial charge in [0.2, 0.25) is 11.8 Å². The van der Waals surface area contributed by atoms with Crippen molar-refractivity contribution in [3.05, 3.63) is 0 Å². The van der Waals surface area contributed by atoms with Crippen LogP contribution in [-0.4, -0.2) is 63.8 Å². The quantitative estimate of drug-likeness (QED) is 0.118. The van der Waals surface area contributed by atoms with Gasteiger partial charge in [-0.2, -0.15) is 0 Å². The zero-order valence-electron chi connectivity index (χ0n) is 18.1. The van der Waals surface area contributed by atoms with Crippen molar-refractivity contribution in [2.24, 2.45) is 0 Å². The Morgan fingerprint density at radius 2 is 0.452 bits per heavy atom. The number of rotatable bonds is 11. The normalized spacial score (nSPS) is 16.8. The van der Waals surface area contributed by atoms with E-state index < -0.39 is 60.9 Å². The molecule has 30 heteroatoms. The first-order valence-corrected chi connectivity index (χ1v) is 19.0. The third-order valence-electron chi connectivity index (χ3n) is 4.58. The average Bonchev–Trinajstić information content (AvgIpc) is 2.70. The summed E-state index contributed by atoms with van der Waals surface area (Å²) >= 11 is 152. The van der Waals surface area contributed by atoms with Crippen molar-refractivity contribution in [3.63, 3.8) is 0 Å². The first-order chi connectivity index (χ1) is 17.0. The van der Waals surface area contributed by atoms with Crippen molar-refractivity contribution < 1.29 is 42.5 Å². The Bertz CT molecular complexity index is 1100. The van der Waals surface area contributed by atoms with Crippen LogP contribution in [0.1, 0.15) is 0 Å². The fourth-order valence-electron chi connectivity index (χ4n) is 2.10. The van der Waals surface area contributed by atoms with Crippen LogP contribution in [0.25, 0.3) is 0 Å². The van der Waals surface area contributed by atoms with E-state index in [2.05, 4.69) is 0 Å². The van der Waals surface area contributed by atoms with Crippen molar-refractivity contribution >= 4 is 300 Å². The molecule has 0 atom stereocenters. The summed E-state index contributed by atoms with van der Waals surface area (Å²) in [6.07, 6.45) is 0. The van der Waals surface area contributed by atoms with Crippen LogP contribution < -0.4 is 29.6 Å². The SMILES string of the molecule is O=S(=O)([O-])C(Cl)(Cl)C(Cl)(Cl)C(Cl)(Cl)C(Cl)(Cl)C(Cl)(Cl)C(Cl)(Cl)C(Cl)(Cl)C(Cl)(Cl)C(Cl)(Cl)C(Cl)(Cl)C(Cl)(Cl)C(Cl)(Cl)Cl.[Na+]. The van der Waals surface area contributed by atoms with E-state index in [1.54, 1.807) is 0 Å². The van der Waals surface area contributed by atoms with Crippen molar-refractivity contribution in [1.29, 1.82) is 0 Å². The summed E-state index contributed by atoms with van der Waals surface area (Å²) in [6.45, 7) is 0. The molecule has 0 saturated heterocycles. The Hall–Kier alpha value is 8.16. The molecule has 0 radical (unpaired) electrons. The smallest absolute Gasteiger partial charge is 0.746 e. The van der Waals surface area contributed by atoms with Crippen LogP contribution >= 0.6 is 290 Å². The van der Waals surface area contributed by atoms with Crippen molar-refractivity contribution in [3.8, 4) is 0 Å². The number of alkyl halides is 25. The van der Waals surface area contributed by atoms with Crippen LogP contribution in [0.3, 0.4) is 0 Å². The Balaban J connectivity index is 0. The van der Waals surface area contributed by atoms with Gasteiger partial charge >= 0.3 is 29.6 Å². The van der Waals surface area contributed by atoms with Gasteiger partial charge in [0.25, 0.3) is 0 Å². The Morgan fingerprint density at radius 3 is 0.595 bits per heavy atom. The Morgan fingerprint density at radius 1 is 0.310 bits per heavy atom. The number of hydrogen-bond acceptors (Lipinski definition) is 3. The molecule has 0 aliphatic heterocycles. The zero-order chi connectivity index (χ0) is 34.5. The second-order valence-electron chi connectivity index (χ2n) is 7.21. The molecular weight excluding hydrogens is 1130 g/mol. The van der Waals surface area contributed by atoms with E-state index in [4.69, 9.17) is 290 Å². The second-order valence-corrected chi connectivity index (χ2v) is 26.1. The molecule has 0 aromatic carbocycles. The predicted octanol–water partition coefficient (Wildman–Crippen LogP) is 10.8. The van der Waals surface area contributed by atoms with Gasteiger partial charge < -0.3 is 4.55 Å². The minimum absolute atomic E-state index is 0. The van der Waals surface area contributed by atoms with Gasteiger partial charge in [0.1, 0.15) is 10.1 Å². The largest absolute Gasteiger partial charge is 1.00 e. The third-order valence-corrected chi connectivity index (χ3v) is 24.1. The molecule has 248 valence electrons. The molecule has 0 N–H and O–H groups in total. The van der Waals surface area contributed by atoms with Crippen LogP contribution in [-0.2, 0) is 10.1 Å². The van der Waals surface area contributed by atoms with E-state index in [-0.39, 0.29) is 29.6 Å². The van der Waals surface area contributed by atoms with Gasteiger partial charge in [0.15, 0.2) is 39.0 Å². The van der Waals surface area contributed by atoms with E-state index in [0.29, 0.717) is 0 Å². The van der Waals surface area contributed by atoms with Gasteiger partial charge in [-0.15, -0.1) is 0 Å². The molecular formula is C12Cl25NaO3S. The molecule has 0 heterocycles. The monoisotopic (exact) mass is 1120 g/mol. The fraction of sp³-hybridized carbons (Fsp3) is 1.00. The standard InChI is InChI=1S/C12HCl25O3S.Na/c13-1(14,3(17,18)5(21,22)7(25,26)9(29,30)11(33,34)35)2(15,16)4(19,20)6(23,24)8(27,28)10(31,32)12(36,37)41(38,39)40;/h(H,38,39,40);/q;+1/p-1. The van der Waals surface area contributed by atoms with Gasteiger partial charge in [-0.25, -0.2) is 8.42 Å². The molecule has 0 aromatic heterocycles. The summed E-state index contributed by atoms with van der Waals surface area (Å²) in [7, 11) is -5.94. The topological polar surface area (TPSA) is 57.2 Å². The molecule has 0 spiro atoms. The molecule has 0 amide bonds. The molecule has 0 unspecified atom stereocenters. The van der Waals surface area contributed by atoms with Gasteiger partial charge in [-0.1, -0.05) is 290 Å². The third kappa shape index (κ3) is 7.94. The first-order valence-electron chi connectivity index (χ1n) is 8.18. The van der Waals surface area contributed by atoms with Crippen molar-refractivity contribution in [1.82, 2.24) is 0 Å². The van der Waals surface area contributed by atoms with Crippen LogP contribution in [0, 0.1) is 0 Å². The summed E-state index contributed by atoms with van der Waals surface area (Å²) in [5.41, 5.74) is 0. The molecule has 0 aliphatic carbocycles. The summed E-state index contributed by atoms with van der Waals surface area (Å²) in [5, 5.41) is 0. The predicted molar refractivity (Wildman–Crippen MR) is 189 cm³/mol. The molecule has 42 heavy (non-hydrogen) atoms. The molecule has 3 nitrogen and oxygen atoms in total. The molecule has 0 aliphatic rings. The second kappa shape index (κ2) is 15.4. The Kier molecular flexibility index (Phi) is 19.1. The molecule has 0 bridgehead atoms. The summed E-state index contributed by atoms with van der Waals surface area (Å²) in [6, 6.07) is 0. The summed E-state index contributed by atoms with van der Waals surface area (Å²) in [5.74, 6) is 0. The fourth-order valence-corrected chi connectivity index (χ4v) is 11.1. The Labute approximate surface area is 386 Å². The zero-order valence-corrected chi connectivity index (χ0v) is 39.8. The van der Waals surface area contributed by atoms with E-state index in [0.717, 1.165) is 0 Å². The van der Waals surface area contributed by atoms with E-state index in [1.807, 2.05) is 0 Å². The molecule has 0 saturated carbocycles. The molecule has 0 fully saturated rings. The van der Waals surface area contributed by atoms with Gasteiger partial charge in [-0.05, 0) is 0 Å². The first kappa shape index (κ1) is 52.3. The van der Waals surface area contributed by atoms with E-state index in [9.17, 15) is 13.0 Å². The summed E-state index contributed by atoms with van der Waals surface area (Å²) in [4.78, 5) is 0. The van der Waals surface area contributed by atoms with Crippen LogP contribution in [0.4, 0.5) is 0 Å². The van der Waals surface area contributed by atoms with E-state index >= 15 is 0 Å².